The van der Waals surface area contributed by atoms with Crippen molar-refractivity contribution < 1.29 is 4.79 Å². The van der Waals surface area contributed by atoms with Gasteiger partial charge in [-0.25, -0.2) is 0 Å². The first-order valence-corrected chi connectivity index (χ1v) is 8.91. The van der Waals surface area contributed by atoms with E-state index in [4.69, 9.17) is 0 Å². The minimum Gasteiger partial charge on any atom is -0.338 e. The summed E-state index contributed by atoms with van der Waals surface area (Å²) < 4.78 is 0. The average Bonchev–Trinajstić information content (AvgIpc) is 2.45. The van der Waals surface area contributed by atoms with Crippen LogP contribution >= 0.6 is 0 Å². The van der Waals surface area contributed by atoms with Crippen LogP contribution in [0, 0.1) is 5.92 Å². The number of carbonyl (C=O) groups is 1. The fourth-order valence-corrected chi connectivity index (χ4v) is 4.79. The number of amides is 1. The topological polar surface area (TPSA) is 35.6 Å². The molecule has 120 valence electrons. The maximum Gasteiger partial charge on any atom is 0.237 e. The predicted octanol–water partition coefficient (Wildman–Crippen LogP) is 1.85. The smallest absolute Gasteiger partial charge is 0.237 e. The van der Waals surface area contributed by atoms with Crippen LogP contribution in [0.2, 0.25) is 0 Å². The number of nitrogens with one attached hydrogen (secondary N) is 1. The Morgan fingerprint density at radius 1 is 1.05 bits per heavy atom. The highest BCUT2D eigenvalue weighted by molar-refractivity contribution is 5.78. The highest BCUT2D eigenvalue weighted by atomic mass is 16.2. The zero-order chi connectivity index (χ0) is 14.8. The third kappa shape index (κ3) is 3.59. The van der Waals surface area contributed by atoms with Crippen LogP contribution in [-0.4, -0.2) is 60.0 Å². The molecule has 0 aromatic heterocycles. The van der Waals surface area contributed by atoms with Crippen LogP contribution in [0.25, 0.3) is 0 Å². The first kappa shape index (κ1) is 15.3. The van der Waals surface area contributed by atoms with E-state index in [2.05, 4.69) is 29.0 Å². The van der Waals surface area contributed by atoms with Crippen LogP contribution in [0.4, 0.5) is 0 Å². The molecule has 1 aliphatic carbocycles. The minimum absolute atomic E-state index is 0.382. The number of likely N-dealkylation sites (tertiary alicyclic amines) is 1. The molecule has 1 N–H and O–H groups in total. The second kappa shape index (κ2) is 6.66. The molecule has 0 spiro atoms. The molecule has 2 heterocycles. The van der Waals surface area contributed by atoms with Crippen LogP contribution in [0.3, 0.4) is 0 Å². The van der Waals surface area contributed by atoms with E-state index in [1.807, 2.05) is 0 Å². The molecule has 3 fully saturated rings. The Morgan fingerprint density at radius 2 is 1.71 bits per heavy atom. The Kier molecular flexibility index (Phi) is 4.85. The highest BCUT2D eigenvalue weighted by Crippen LogP contribution is 2.35. The Bertz CT molecular complexity index is 361. The summed E-state index contributed by atoms with van der Waals surface area (Å²) in [5, 5.41) is 3.54. The molecule has 1 saturated carbocycles. The zero-order valence-corrected chi connectivity index (χ0v) is 13.7. The molecule has 4 unspecified atom stereocenters. The third-order valence-corrected chi connectivity index (χ3v) is 5.56. The van der Waals surface area contributed by atoms with E-state index < -0.39 is 0 Å². The molecule has 21 heavy (non-hydrogen) atoms. The summed E-state index contributed by atoms with van der Waals surface area (Å²) in [6, 6.07) is 1.54. The van der Waals surface area contributed by atoms with Gasteiger partial charge in [0, 0.05) is 37.8 Å². The Hall–Kier alpha value is -0.610. The monoisotopic (exact) mass is 293 g/mol. The fraction of sp³-hybridized carbons (Fsp3) is 0.941. The van der Waals surface area contributed by atoms with Crippen LogP contribution < -0.4 is 5.32 Å². The van der Waals surface area contributed by atoms with Gasteiger partial charge in [0.15, 0.2) is 0 Å². The first-order chi connectivity index (χ1) is 10.1. The van der Waals surface area contributed by atoms with Gasteiger partial charge in [0.25, 0.3) is 0 Å². The van der Waals surface area contributed by atoms with Crippen molar-refractivity contribution in [2.45, 2.75) is 70.5 Å². The number of piperazine rings is 1. The summed E-state index contributed by atoms with van der Waals surface area (Å²) in [6.45, 7) is 8.04. The molecule has 4 atom stereocenters. The van der Waals surface area contributed by atoms with Crippen molar-refractivity contribution >= 4 is 5.91 Å². The summed E-state index contributed by atoms with van der Waals surface area (Å²) in [4.78, 5) is 17.4. The SMILES string of the molecule is CC1CN(CC(=O)N2CCCC3CCCCC32)CC(C)N1. The lowest BCUT2D eigenvalue weighted by atomic mass is 9.78. The quantitative estimate of drug-likeness (QED) is 0.844. The zero-order valence-electron chi connectivity index (χ0n) is 13.7. The van der Waals surface area contributed by atoms with Crippen molar-refractivity contribution in [3.8, 4) is 0 Å². The number of hydrogen-bond donors (Lipinski definition) is 1. The van der Waals surface area contributed by atoms with Crippen LogP contribution in [-0.2, 0) is 4.79 Å². The van der Waals surface area contributed by atoms with Gasteiger partial charge in [-0.1, -0.05) is 12.8 Å². The Morgan fingerprint density at radius 3 is 2.48 bits per heavy atom. The maximum absolute atomic E-state index is 12.8. The molecule has 0 radical (unpaired) electrons. The van der Waals surface area contributed by atoms with Gasteiger partial charge in [-0.15, -0.1) is 0 Å². The molecule has 4 heteroatoms. The van der Waals surface area contributed by atoms with E-state index in [1.54, 1.807) is 0 Å². The van der Waals surface area contributed by atoms with Gasteiger partial charge >= 0.3 is 0 Å². The van der Waals surface area contributed by atoms with Gasteiger partial charge in [-0.05, 0) is 45.4 Å². The van der Waals surface area contributed by atoms with Crippen LogP contribution in [0.15, 0.2) is 0 Å². The number of rotatable bonds is 2. The lowest BCUT2D eigenvalue weighted by Gasteiger charge is -2.45. The van der Waals surface area contributed by atoms with Gasteiger partial charge in [0.05, 0.1) is 6.54 Å². The molecule has 2 aliphatic heterocycles. The third-order valence-electron chi connectivity index (χ3n) is 5.56. The molecular formula is C17H31N3O. The summed E-state index contributed by atoms with van der Waals surface area (Å²) >= 11 is 0. The first-order valence-electron chi connectivity index (χ1n) is 8.91. The molecule has 4 nitrogen and oxygen atoms in total. The van der Waals surface area contributed by atoms with Crippen molar-refractivity contribution in [2.75, 3.05) is 26.2 Å². The van der Waals surface area contributed by atoms with E-state index in [0.29, 0.717) is 30.6 Å². The molecule has 3 aliphatic rings. The molecule has 0 aromatic carbocycles. The van der Waals surface area contributed by atoms with Gasteiger partial charge in [0.2, 0.25) is 5.91 Å². The summed E-state index contributed by atoms with van der Waals surface area (Å²) in [7, 11) is 0. The normalized spacial score (nSPS) is 38.1. The second-order valence-electron chi connectivity index (χ2n) is 7.50. The van der Waals surface area contributed by atoms with Crippen molar-refractivity contribution in [1.82, 2.24) is 15.1 Å². The molecule has 0 bridgehead atoms. The summed E-state index contributed by atoms with van der Waals surface area (Å²) in [5.41, 5.74) is 0. The largest absolute Gasteiger partial charge is 0.338 e. The maximum atomic E-state index is 12.8. The summed E-state index contributed by atoms with van der Waals surface area (Å²) in [6.07, 6.45) is 7.82. The van der Waals surface area contributed by atoms with Crippen LogP contribution in [0.5, 0.6) is 0 Å². The number of nitrogens with zero attached hydrogens (tertiary/aromatic N) is 2. The van der Waals surface area contributed by atoms with Gasteiger partial charge in [-0.2, -0.15) is 0 Å². The number of hydrogen-bond acceptors (Lipinski definition) is 3. The Labute approximate surface area is 129 Å². The average molecular weight is 293 g/mol. The number of piperidine rings is 1. The van der Waals surface area contributed by atoms with E-state index >= 15 is 0 Å². The number of carbonyl (C=O) groups excluding carboxylic acids is 1. The predicted molar refractivity (Wildman–Crippen MR) is 85.2 cm³/mol. The van der Waals surface area contributed by atoms with Gasteiger partial charge in [0.1, 0.15) is 0 Å². The van der Waals surface area contributed by atoms with Crippen molar-refractivity contribution in [2.24, 2.45) is 5.92 Å². The van der Waals surface area contributed by atoms with Crippen molar-refractivity contribution in [3.63, 3.8) is 0 Å². The number of fused-ring (bicyclic) bond motifs is 1. The molecule has 0 aromatic rings. The second-order valence-corrected chi connectivity index (χ2v) is 7.50. The molecule has 2 saturated heterocycles. The molecule has 1 amide bonds. The van der Waals surface area contributed by atoms with E-state index in [-0.39, 0.29) is 0 Å². The lowest BCUT2D eigenvalue weighted by Crippen LogP contribution is -2.58. The van der Waals surface area contributed by atoms with Gasteiger partial charge < -0.3 is 10.2 Å². The minimum atomic E-state index is 0.382. The summed E-state index contributed by atoms with van der Waals surface area (Å²) in [5.74, 6) is 1.17. The standard InChI is InChI=1S/C17H31N3O/c1-13-10-19(11-14(2)18-13)12-17(21)20-9-5-7-15-6-3-4-8-16(15)20/h13-16,18H,3-12H2,1-2H3. The van der Waals surface area contributed by atoms with E-state index in [1.165, 1.54) is 38.5 Å². The molecule has 3 rings (SSSR count). The van der Waals surface area contributed by atoms with Crippen molar-refractivity contribution in [1.29, 1.82) is 0 Å². The van der Waals surface area contributed by atoms with Crippen molar-refractivity contribution in [3.05, 3.63) is 0 Å². The van der Waals surface area contributed by atoms with E-state index in [9.17, 15) is 4.79 Å². The lowest BCUT2D eigenvalue weighted by molar-refractivity contribution is -0.139. The highest BCUT2D eigenvalue weighted by Gasteiger charge is 2.36. The van der Waals surface area contributed by atoms with Crippen LogP contribution in [0.1, 0.15) is 52.4 Å². The fourth-order valence-electron chi connectivity index (χ4n) is 4.79. The Balaban J connectivity index is 1.59. The van der Waals surface area contributed by atoms with E-state index in [0.717, 1.165) is 25.6 Å². The van der Waals surface area contributed by atoms with Gasteiger partial charge in [-0.3, -0.25) is 9.69 Å². The molecular weight excluding hydrogens is 262 g/mol.